The van der Waals surface area contributed by atoms with Crippen molar-refractivity contribution >= 4 is 23.2 Å². The molecule has 0 saturated heterocycles. The molecule has 168 valence electrons. The number of rotatable bonds is 6. The van der Waals surface area contributed by atoms with Crippen molar-refractivity contribution < 1.29 is 22.7 Å². The smallest absolute Gasteiger partial charge is 0.379 e. The van der Waals surface area contributed by atoms with Gasteiger partial charge in [-0.15, -0.1) is 0 Å². The Hall–Kier alpha value is -2.32. The number of aromatic nitrogens is 1. The summed E-state index contributed by atoms with van der Waals surface area (Å²) in [4.78, 5) is 16.9. The lowest BCUT2D eigenvalue weighted by atomic mass is 10.0. The minimum Gasteiger partial charge on any atom is -0.379 e. The van der Waals surface area contributed by atoms with E-state index in [1.807, 2.05) is 32.0 Å². The van der Waals surface area contributed by atoms with Crippen LogP contribution in [-0.2, 0) is 35.5 Å². The molecule has 1 aromatic carbocycles. The monoisotopic (exact) mass is 455 g/mol. The summed E-state index contributed by atoms with van der Waals surface area (Å²) >= 11 is 6.39. The first kappa shape index (κ1) is 23.3. The second kappa shape index (κ2) is 9.87. The van der Waals surface area contributed by atoms with E-state index in [2.05, 4.69) is 10.3 Å². The average molecular weight is 456 g/mol. The van der Waals surface area contributed by atoms with Crippen molar-refractivity contribution in [1.82, 2.24) is 9.88 Å². The normalized spacial score (nSPS) is 14.4. The third-order valence-corrected chi connectivity index (χ3v) is 5.41. The van der Waals surface area contributed by atoms with Gasteiger partial charge in [-0.1, -0.05) is 23.7 Å². The topological polar surface area (TPSA) is 54.5 Å². The Morgan fingerprint density at radius 3 is 2.61 bits per heavy atom. The second-order valence-electron chi connectivity index (χ2n) is 7.72. The van der Waals surface area contributed by atoms with Crippen LogP contribution in [0.2, 0.25) is 5.02 Å². The van der Waals surface area contributed by atoms with Crippen LogP contribution >= 0.6 is 11.6 Å². The van der Waals surface area contributed by atoms with Crippen LogP contribution in [0, 0.1) is 0 Å². The van der Waals surface area contributed by atoms with E-state index in [1.165, 1.54) is 0 Å². The highest BCUT2D eigenvalue weighted by Gasteiger charge is 2.42. The third kappa shape index (κ3) is 6.11. The quantitative estimate of drug-likeness (QED) is 0.682. The van der Waals surface area contributed by atoms with Crippen molar-refractivity contribution in [3.05, 3.63) is 57.9 Å². The molecule has 0 bridgehead atoms. The fourth-order valence-corrected chi connectivity index (χ4v) is 3.70. The van der Waals surface area contributed by atoms with Crippen molar-refractivity contribution in [1.29, 1.82) is 0 Å². The summed E-state index contributed by atoms with van der Waals surface area (Å²) in [6.45, 7) is 4.84. The summed E-state index contributed by atoms with van der Waals surface area (Å²) < 4.78 is 44.0. The fourth-order valence-electron chi connectivity index (χ4n) is 3.46. The number of carbonyl (C=O) groups excluding carboxylic acids is 1. The lowest BCUT2D eigenvalue weighted by molar-refractivity contribution is -0.185. The molecule has 1 aromatic heterocycles. The molecule has 0 unspecified atom stereocenters. The van der Waals surface area contributed by atoms with Crippen molar-refractivity contribution in [2.75, 3.05) is 18.4 Å². The maximum Gasteiger partial charge on any atom is 0.471 e. The molecule has 9 heteroatoms. The van der Waals surface area contributed by atoms with Gasteiger partial charge in [0.25, 0.3) is 0 Å². The van der Waals surface area contributed by atoms with E-state index in [4.69, 9.17) is 16.3 Å². The SMILES string of the molecule is CC(C)OCc1ccc(CNc2c(Cl)ccc3c2CCN(C(=O)C(F)(F)F)CC3)cn1. The molecule has 0 spiro atoms. The first-order valence-electron chi connectivity index (χ1n) is 10.1. The van der Waals surface area contributed by atoms with E-state index in [0.29, 0.717) is 36.7 Å². The number of halogens is 4. The number of alkyl halides is 3. The molecule has 5 nitrogen and oxygen atoms in total. The molecule has 31 heavy (non-hydrogen) atoms. The Morgan fingerprint density at radius 1 is 1.23 bits per heavy atom. The zero-order valence-corrected chi connectivity index (χ0v) is 18.2. The standard InChI is InChI=1S/C22H25ClF3N3O2/c1-14(2)31-13-17-5-3-15(11-27-17)12-28-20-18-8-10-29(21(30)22(24,25)26)9-7-16(18)4-6-19(20)23/h3-6,11,14,28H,7-10,12-13H2,1-2H3. The molecule has 0 saturated carbocycles. The summed E-state index contributed by atoms with van der Waals surface area (Å²) in [5.41, 5.74) is 4.19. The highest BCUT2D eigenvalue weighted by atomic mass is 35.5. The molecule has 3 rings (SSSR count). The number of amides is 1. The maximum atomic E-state index is 12.8. The summed E-state index contributed by atoms with van der Waals surface area (Å²) in [5.74, 6) is -1.80. The largest absolute Gasteiger partial charge is 0.471 e. The van der Waals surface area contributed by atoms with E-state index in [9.17, 15) is 18.0 Å². The molecule has 0 radical (unpaired) electrons. The second-order valence-corrected chi connectivity index (χ2v) is 8.13. The van der Waals surface area contributed by atoms with E-state index >= 15 is 0 Å². The van der Waals surface area contributed by atoms with Crippen LogP contribution in [-0.4, -0.2) is 41.2 Å². The summed E-state index contributed by atoms with van der Waals surface area (Å²) in [7, 11) is 0. The maximum absolute atomic E-state index is 12.8. The highest BCUT2D eigenvalue weighted by molar-refractivity contribution is 6.33. The molecule has 0 fully saturated rings. The molecule has 1 amide bonds. The van der Waals surface area contributed by atoms with Crippen LogP contribution < -0.4 is 5.32 Å². The number of hydrogen-bond acceptors (Lipinski definition) is 4. The van der Waals surface area contributed by atoms with Crippen LogP contribution in [0.1, 0.15) is 36.2 Å². The van der Waals surface area contributed by atoms with Gasteiger partial charge in [-0.2, -0.15) is 13.2 Å². The van der Waals surface area contributed by atoms with Crippen molar-refractivity contribution in [3.8, 4) is 0 Å². The number of carbonyl (C=O) groups is 1. The molecule has 0 aliphatic carbocycles. The predicted molar refractivity (Wildman–Crippen MR) is 113 cm³/mol. The molecule has 2 heterocycles. The van der Waals surface area contributed by atoms with E-state index < -0.39 is 12.1 Å². The molecular weight excluding hydrogens is 431 g/mol. The van der Waals surface area contributed by atoms with Gasteiger partial charge >= 0.3 is 12.1 Å². The zero-order valence-electron chi connectivity index (χ0n) is 17.4. The number of ether oxygens (including phenoxy) is 1. The van der Waals surface area contributed by atoms with Crippen LogP contribution in [0.25, 0.3) is 0 Å². The van der Waals surface area contributed by atoms with Crippen LogP contribution in [0.3, 0.4) is 0 Å². The Balaban J connectivity index is 1.69. The van der Waals surface area contributed by atoms with Gasteiger partial charge in [0.15, 0.2) is 0 Å². The van der Waals surface area contributed by atoms with Crippen LogP contribution in [0.5, 0.6) is 0 Å². The number of pyridine rings is 1. The van der Waals surface area contributed by atoms with Crippen molar-refractivity contribution in [2.24, 2.45) is 0 Å². The van der Waals surface area contributed by atoms with Gasteiger partial charge in [-0.05, 0) is 55.5 Å². The fraction of sp³-hybridized carbons (Fsp3) is 0.455. The van der Waals surface area contributed by atoms with Crippen molar-refractivity contribution in [2.45, 2.75) is 52.1 Å². The third-order valence-electron chi connectivity index (χ3n) is 5.09. The molecule has 1 aliphatic rings. The summed E-state index contributed by atoms with van der Waals surface area (Å²) in [6.07, 6.45) is -2.35. The van der Waals surface area contributed by atoms with E-state index in [1.54, 1.807) is 12.3 Å². The van der Waals surface area contributed by atoms with Gasteiger partial charge in [0.2, 0.25) is 0 Å². The highest BCUT2D eigenvalue weighted by Crippen LogP contribution is 2.32. The van der Waals surface area contributed by atoms with Crippen molar-refractivity contribution in [3.63, 3.8) is 0 Å². The number of nitrogens with one attached hydrogen (secondary N) is 1. The molecule has 1 aliphatic heterocycles. The van der Waals surface area contributed by atoms with Gasteiger partial charge < -0.3 is 15.0 Å². The molecular formula is C22H25ClF3N3O2. The van der Waals surface area contributed by atoms with Gasteiger partial charge in [0.05, 0.1) is 29.1 Å². The van der Waals surface area contributed by atoms with E-state index in [0.717, 1.165) is 27.3 Å². The number of nitrogens with zero attached hydrogens (tertiary/aromatic N) is 2. The van der Waals surface area contributed by atoms with Gasteiger partial charge in [-0.25, -0.2) is 0 Å². The predicted octanol–water partition coefficient (Wildman–Crippen LogP) is 4.76. The average Bonchev–Trinajstić information content (AvgIpc) is 2.94. The zero-order chi connectivity index (χ0) is 22.6. The summed E-state index contributed by atoms with van der Waals surface area (Å²) in [6, 6.07) is 7.38. The number of hydrogen-bond donors (Lipinski definition) is 1. The van der Waals surface area contributed by atoms with Crippen LogP contribution in [0.4, 0.5) is 18.9 Å². The Kier molecular flexibility index (Phi) is 7.43. The van der Waals surface area contributed by atoms with Gasteiger partial charge in [0, 0.05) is 25.8 Å². The van der Waals surface area contributed by atoms with E-state index in [-0.39, 0.29) is 19.2 Å². The molecule has 1 N–H and O–H groups in total. The minimum atomic E-state index is -4.87. The molecule has 2 aromatic rings. The first-order valence-corrected chi connectivity index (χ1v) is 10.5. The van der Waals surface area contributed by atoms with Gasteiger partial charge in [-0.3, -0.25) is 9.78 Å². The number of benzene rings is 1. The Labute approximate surface area is 184 Å². The first-order chi connectivity index (χ1) is 14.6. The molecule has 0 atom stereocenters. The number of fused-ring (bicyclic) bond motifs is 1. The summed E-state index contributed by atoms with van der Waals surface area (Å²) in [5, 5.41) is 3.79. The Morgan fingerprint density at radius 2 is 1.97 bits per heavy atom. The lowest BCUT2D eigenvalue weighted by Crippen LogP contribution is -2.42. The van der Waals surface area contributed by atoms with Crippen LogP contribution in [0.15, 0.2) is 30.5 Å². The minimum absolute atomic E-state index is 0.00747. The van der Waals surface area contributed by atoms with Gasteiger partial charge in [0.1, 0.15) is 0 Å². The Bertz CT molecular complexity index is 917. The lowest BCUT2D eigenvalue weighted by Gasteiger charge is -2.21. The number of anilines is 1.